The molecule has 1 aromatic heterocycles. The molecule has 0 N–H and O–H groups in total. The van der Waals surface area contributed by atoms with Gasteiger partial charge in [-0.25, -0.2) is 9.38 Å². The monoisotopic (exact) mass is 243 g/mol. The number of aromatic nitrogens is 2. The normalized spacial score (nSPS) is 13.8. The first-order valence-electron chi connectivity index (χ1n) is 5.58. The van der Waals surface area contributed by atoms with Crippen LogP contribution in [0.4, 0.5) is 10.2 Å². The van der Waals surface area contributed by atoms with Crippen LogP contribution in [0.2, 0.25) is 0 Å². The Morgan fingerprint density at radius 2 is 2.00 bits per heavy atom. The minimum atomic E-state index is -0.294. The number of carbonyl (C=O) groups excluding carboxylic acids is 1. The third kappa shape index (κ3) is 1.55. The molecule has 0 atom stereocenters. The van der Waals surface area contributed by atoms with Gasteiger partial charge in [-0.05, 0) is 24.6 Å². The number of halogens is 1. The fraction of sp³-hybridized carbons (Fsp3) is 0.154. The Bertz CT molecular complexity index is 656. The molecule has 4 nitrogen and oxygen atoms in total. The molecule has 5 heteroatoms. The molecule has 1 aromatic carbocycles. The Labute approximate surface area is 103 Å². The molecule has 2 heterocycles. The average Bonchev–Trinajstić information content (AvgIpc) is 2.69. The molecule has 0 saturated carbocycles. The molecular formula is C13H10FN3O. The summed E-state index contributed by atoms with van der Waals surface area (Å²) < 4.78 is 14.2. The highest BCUT2D eigenvalue weighted by Gasteiger charge is 2.22. The van der Waals surface area contributed by atoms with E-state index in [1.54, 1.807) is 18.3 Å². The van der Waals surface area contributed by atoms with Gasteiger partial charge in [-0.15, -0.1) is 0 Å². The fourth-order valence-electron chi connectivity index (χ4n) is 2.06. The Morgan fingerprint density at radius 1 is 1.28 bits per heavy atom. The van der Waals surface area contributed by atoms with Gasteiger partial charge in [0.2, 0.25) is 0 Å². The summed E-state index contributed by atoms with van der Waals surface area (Å²) >= 11 is 0. The maximum atomic E-state index is 12.9. The number of aryl methyl sites for hydroxylation is 1. The van der Waals surface area contributed by atoms with Crippen LogP contribution in [0.25, 0.3) is 11.1 Å². The van der Waals surface area contributed by atoms with Crippen LogP contribution in [0, 0.1) is 12.7 Å². The van der Waals surface area contributed by atoms with Crippen molar-refractivity contribution in [2.45, 2.75) is 13.3 Å². The standard InChI is InChI=1S/C13H10FN3O/c1-8-12(9-2-4-10(14)5-3-9)13-15-7-6-11(18)17(13)16-8/h2-5,7H,6H2,1H3. The molecule has 0 radical (unpaired) electrons. The zero-order chi connectivity index (χ0) is 12.7. The van der Waals surface area contributed by atoms with Crippen molar-refractivity contribution in [1.82, 2.24) is 9.78 Å². The Balaban J connectivity index is 2.22. The van der Waals surface area contributed by atoms with Gasteiger partial charge < -0.3 is 0 Å². The summed E-state index contributed by atoms with van der Waals surface area (Å²) in [6.07, 6.45) is 1.84. The van der Waals surface area contributed by atoms with Crippen molar-refractivity contribution in [3.8, 4) is 11.1 Å². The highest BCUT2D eigenvalue weighted by Crippen LogP contribution is 2.34. The van der Waals surface area contributed by atoms with Gasteiger partial charge in [0.05, 0.1) is 12.1 Å². The second-order valence-corrected chi connectivity index (χ2v) is 4.11. The summed E-state index contributed by atoms with van der Waals surface area (Å²) in [7, 11) is 0. The van der Waals surface area contributed by atoms with E-state index in [-0.39, 0.29) is 18.1 Å². The van der Waals surface area contributed by atoms with E-state index in [1.165, 1.54) is 16.8 Å². The Kier molecular flexibility index (Phi) is 2.33. The van der Waals surface area contributed by atoms with E-state index in [0.717, 1.165) is 11.1 Å². The maximum absolute atomic E-state index is 12.9. The van der Waals surface area contributed by atoms with Crippen molar-refractivity contribution in [3.05, 3.63) is 35.8 Å². The number of carbonyl (C=O) groups is 1. The van der Waals surface area contributed by atoms with Gasteiger partial charge in [0.1, 0.15) is 5.82 Å². The Hall–Kier alpha value is -2.30. The third-order valence-corrected chi connectivity index (χ3v) is 2.88. The van der Waals surface area contributed by atoms with Crippen molar-refractivity contribution in [2.75, 3.05) is 0 Å². The largest absolute Gasteiger partial charge is 0.272 e. The molecule has 3 rings (SSSR count). The van der Waals surface area contributed by atoms with E-state index < -0.39 is 0 Å². The summed E-state index contributed by atoms with van der Waals surface area (Å²) in [5, 5.41) is 4.19. The van der Waals surface area contributed by atoms with Crippen LogP contribution in [-0.4, -0.2) is 21.9 Å². The topological polar surface area (TPSA) is 47.2 Å². The smallest absolute Gasteiger partial charge is 0.254 e. The van der Waals surface area contributed by atoms with Crippen LogP contribution in [0.15, 0.2) is 29.3 Å². The highest BCUT2D eigenvalue weighted by atomic mass is 19.1. The van der Waals surface area contributed by atoms with Crippen LogP contribution < -0.4 is 0 Å². The quantitative estimate of drug-likeness (QED) is 0.773. The van der Waals surface area contributed by atoms with E-state index in [4.69, 9.17) is 0 Å². The zero-order valence-corrected chi connectivity index (χ0v) is 9.72. The average molecular weight is 243 g/mol. The molecule has 90 valence electrons. The van der Waals surface area contributed by atoms with E-state index >= 15 is 0 Å². The van der Waals surface area contributed by atoms with E-state index in [2.05, 4.69) is 10.1 Å². The van der Waals surface area contributed by atoms with Crippen LogP contribution in [0.1, 0.15) is 16.9 Å². The summed E-state index contributed by atoms with van der Waals surface area (Å²) in [5.74, 6) is 0.129. The second-order valence-electron chi connectivity index (χ2n) is 4.11. The lowest BCUT2D eigenvalue weighted by atomic mass is 10.1. The summed E-state index contributed by atoms with van der Waals surface area (Å²) in [6.45, 7) is 1.81. The van der Waals surface area contributed by atoms with Gasteiger partial charge >= 0.3 is 0 Å². The van der Waals surface area contributed by atoms with Crippen LogP contribution in [0.3, 0.4) is 0 Å². The minimum absolute atomic E-state index is 0.100. The third-order valence-electron chi connectivity index (χ3n) is 2.88. The molecule has 0 fully saturated rings. The fourth-order valence-corrected chi connectivity index (χ4v) is 2.06. The molecule has 0 unspecified atom stereocenters. The SMILES string of the molecule is Cc1nn2c(c1-c1ccc(F)cc1)N=CCC2=O. The Morgan fingerprint density at radius 3 is 2.72 bits per heavy atom. The summed E-state index contributed by atoms with van der Waals surface area (Å²) in [4.78, 5) is 15.9. The molecule has 0 spiro atoms. The maximum Gasteiger partial charge on any atom is 0.254 e. The molecular weight excluding hydrogens is 233 g/mol. The number of fused-ring (bicyclic) bond motifs is 1. The number of aliphatic imine (C=N–C) groups is 1. The predicted octanol–water partition coefficient (Wildman–Crippen LogP) is 2.74. The van der Waals surface area contributed by atoms with Crippen molar-refractivity contribution in [2.24, 2.45) is 4.99 Å². The van der Waals surface area contributed by atoms with Gasteiger partial charge in [-0.1, -0.05) is 12.1 Å². The summed E-state index contributed by atoms with van der Waals surface area (Å²) in [5.41, 5.74) is 2.30. The van der Waals surface area contributed by atoms with Crippen LogP contribution in [-0.2, 0) is 0 Å². The van der Waals surface area contributed by atoms with Gasteiger partial charge in [0.25, 0.3) is 5.91 Å². The first-order chi connectivity index (χ1) is 8.66. The number of hydrogen-bond donors (Lipinski definition) is 0. The van der Waals surface area contributed by atoms with Gasteiger partial charge in [0.15, 0.2) is 5.82 Å². The molecule has 18 heavy (non-hydrogen) atoms. The van der Waals surface area contributed by atoms with Gasteiger partial charge in [-0.2, -0.15) is 9.78 Å². The minimum Gasteiger partial charge on any atom is -0.272 e. The first kappa shape index (κ1) is 10.8. The summed E-state index contributed by atoms with van der Waals surface area (Å²) in [6, 6.07) is 6.09. The lowest BCUT2D eigenvalue weighted by molar-refractivity contribution is 0.0907. The van der Waals surface area contributed by atoms with Crippen molar-refractivity contribution in [3.63, 3.8) is 0 Å². The number of benzene rings is 1. The van der Waals surface area contributed by atoms with Crippen molar-refractivity contribution < 1.29 is 9.18 Å². The van der Waals surface area contributed by atoms with Crippen molar-refractivity contribution >= 4 is 17.9 Å². The molecule has 0 aliphatic carbocycles. The molecule has 2 aromatic rings. The first-order valence-corrected chi connectivity index (χ1v) is 5.58. The van der Waals surface area contributed by atoms with Crippen molar-refractivity contribution in [1.29, 1.82) is 0 Å². The predicted molar refractivity (Wildman–Crippen MR) is 65.8 cm³/mol. The van der Waals surface area contributed by atoms with Crippen LogP contribution >= 0.6 is 0 Å². The highest BCUT2D eigenvalue weighted by molar-refractivity contribution is 5.99. The molecule has 0 bridgehead atoms. The molecule has 1 aliphatic rings. The van der Waals surface area contributed by atoms with Gasteiger partial charge in [0, 0.05) is 11.8 Å². The molecule has 0 amide bonds. The zero-order valence-electron chi connectivity index (χ0n) is 9.72. The molecule has 1 aliphatic heterocycles. The lowest BCUT2D eigenvalue weighted by Gasteiger charge is -2.07. The van der Waals surface area contributed by atoms with Crippen LogP contribution in [0.5, 0.6) is 0 Å². The number of nitrogens with zero attached hydrogens (tertiary/aromatic N) is 3. The second kappa shape index (κ2) is 3.87. The van der Waals surface area contributed by atoms with E-state index in [9.17, 15) is 9.18 Å². The number of hydrogen-bond acceptors (Lipinski definition) is 3. The number of rotatable bonds is 1. The van der Waals surface area contributed by atoms with E-state index in [0.29, 0.717) is 11.5 Å². The lowest BCUT2D eigenvalue weighted by Crippen LogP contribution is -2.15. The van der Waals surface area contributed by atoms with Gasteiger partial charge in [-0.3, -0.25) is 4.79 Å². The van der Waals surface area contributed by atoms with E-state index in [1.807, 2.05) is 6.92 Å². The molecule has 0 saturated heterocycles.